The van der Waals surface area contributed by atoms with Crippen molar-refractivity contribution >= 4 is 78.3 Å². The molecule has 3 aliphatic rings. The van der Waals surface area contributed by atoms with E-state index < -0.39 is 5.97 Å². The van der Waals surface area contributed by atoms with Crippen LogP contribution < -0.4 is 35.7 Å². The first-order valence-corrected chi connectivity index (χ1v) is 17.3. The summed E-state index contributed by atoms with van der Waals surface area (Å²) in [5.41, 5.74) is 13.6. The fraction of sp³-hybridized carbons (Fsp3) is 0.152. The Kier molecular flexibility index (Phi) is 8.43. The van der Waals surface area contributed by atoms with Crippen molar-refractivity contribution in [2.45, 2.75) is 18.9 Å². The minimum absolute atomic E-state index is 0.0281. The van der Waals surface area contributed by atoms with Crippen molar-refractivity contribution in [2.24, 2.45) is 10.3 Å². The quantitative estimate of drug-likeness (QED) is 0.0762. The van der Waals surface area contributed by atoms with E-state index in [9.17, 15) is 25.1 Å². The van der Waals surface area contributed by atoms with Gasteiger partial charge < -0.3 is 51.3 Å². The molecule has 0 unspecified atom stereocenters. The molecule has 9 rings (SSSR count). The van der Waals surface area contributed by atoms with Gasteiger partial charge in [-0.15, -0.1) is 22.7 Å². The molecule has 18 nitrogen and oxygen atoms in total. The standard InChI is InChI=1S/C18H15N5O4S.C15H10N4O5S/c19-18-21-15(14(23-25)8-1-4-11-12(5-8)27-7-26-11)10-6-13(28-17(10)22-18)16(24)20-9-2-3-9;16-15-17-12(7-4-10(14(20)21)25-13(7)18-15)11(19-22)6-1-2-8-9(3-6)24-5-23-8/h1,4-6,9,25H,2-3,7H2,(H,20,24)(H2,19,21,22);1-4,22H,5H2,(H,20,21)(H2,16,17,18). The summed E-state index contributed by atoms with van der Waals surface area (Å²) < 4.78 is 21.3. The summed E-state index contributed by atoms with van der Waals surface area (Å²) in [6.45, 7) is 0.251. The van der Waals surface area contributed by atoms with Crippen LogP contribution in [0, 0.1) is 0 Å². The van der Waals surface area contributed by atoms with Gasteiger partial charge in [-0.2, -0.15) is 0 Å². The number of anilines is 2. The first-order valence-electron chi connectivity index (χ1n) is 15.6. The van der Waals surface area contributed by atoms with Crippen molar-refractivity contribution in [1.82, 2.24) is 25.3 Å². The van der Waals surface area contributed by atoms with E-state index in [1.165, 1.54) is 17.4 Å². The van der Waals surface area contributed by atoms with Gasteiger partial charge in [-0.05, 0) is 61.4 Å². The van der Waals surface area contributed by atoms with Gasteiger partial charge in [-0.25, -0.2) is 24.7 Å². The second kappa shape index (κ2) is 13.4. The van der Waals surface area contributed by atoms with Crippen LogP contribution in [-0.4, -0.2) is 78.4 Å². The molecule has 1 saturated carbocycles. The normalized spacial score (nSPS) is 14.6. The fourth-order valence-electron chi connectivity index (χ4n) is 5.51. The predicted molar refractivity (Wildman–Crippen MR) is 191 cm³/mol. The number of hydrogen-bond donors (Lipinski definition) is 6. The SMILES string of the molecule is Nc1nc(C(=NO)c2ccc3c(c2)OCO3)c2cc(C(=O)NC3CC3)sc2n1.Nc1nc(C(=NO)c2ccc3c(c2)OCO3)c2cc(C(=O)O)sc2n1. The lowest BCUT2D eigenvalue weighted by Gasteiger charge is -2.07. The Morgan fingerprint density at radius 2 is 1.17 bits per heavy atom. The molecule has 0 bridgehead atoms. The summed E-state index contributed by atoms with van der Waals surface area (Å²) in [6.07, 6.45) is 2.00. The third-order valence-corrected chi connectivity index (χ3v) is 10.2. The van der Waals surface area contributed by atoms with Crippen LogP contribution in [0.5, 0.6) is 23.0 Å². The lowest BCUT2D eigenvalue weighted by atomic mass is 10.0. The molecular weight excluding hydrogens is 731 g/mol. The first-order chi connectivity index (χ1) is 25.7. The smallest absolute Gasteiger partial charge is 0.345 e. The number of carbonyl (C=O) groups excluding carboxylic acids is 1. The number of nitrogens with zero attached hydrogens (tertiary/aromatic N) is 6. The summed E-state index contributed by atoms with van der Waals surface area (Å²) >= 11 is 2.19. The third kappa shape index (κ3) is 6.47. The van der Waals surface area contributed by atoms with Crippen molar-refractivity contribution in [2.75, 3.05) is 25.1 Å². The average Bonchev–Trinajstić information content (AvgIpc) is 3.57. The van der Waals surface area contributed by atoms with E-state index in [4.69, 9.17) is 30.4 Å². The number of rotatable bonds is 7. The van der Waals surface area contributed by atoms with E-state index in [-0.39, 0.29) is 59.4 Å². The molecule has 0 atom stereocenters. The summed E-state index contributed by atoms with van der Waals surface area (Å²) in [5.74, 6) is 0.988. The molecule has 53 heavy (non-hydrogen) atoms. The number of thiophene rings is 2. The van der Waals surface area contributed by atoms with Gasteiger partial charge >= 0.3 is 5.97 Å². The molecule has 1 amide bonds. The monoisotopic (exact) mass is 755 g/mol. The average molecular weight is 756 g/mol. The van der Waals surface area contributed by atoms with Crippen molar-refractivity contribution in [3.63, 3.8) is 0 Å². The molecular formula is C33H25N9O9S2. The number of benzene rings is 2. The Morgan fingerprint density at radius 3 is 1.64 bits per heavy atom. The van der Waals surface area contributed by atoms with Gasteiger partial charge in [0.05, 0.1) is 4.88 Å². The molecule has 8 N–H and O–H groups in total. The van der Waals surface area contributed by atoms with Gasteiger partial charge in [-0.1, -0.05) is 10.3 Å². The topological polar surface area (TPSA) is 272 Å². The molecule has 2 aliphatic heterocycles. The van der Waals surface area contributed by atoms with Crippen molar-refractivity contribution < 1.29 is 44.1 Å². The van der Waals surface area contributed by atoms with Gasteiger partial charge in [0.15, 0.2) is 23.0 Å². The predicted octanol–water partition coefficient (Wildman–Crippen LogP) is 4.05. The molecule has 0 spiro atoms. The van der Waals surface area contributed by atoms with E-state index >= 15 is 0 Å². The Balaban J connectivity index is 0.000000152. The van der Waals surface area contributed by atoms with E-state index in [0.29, 0.717) is 65.1 Å². The van der Waals surface area contributed by atoms with Crippen molar-refractivity contribution in [3.8, 4) is 23.0 Å². The molecule has 0 radical (unpaired) electrons. The largest absolute Gasteiger partial charge is 0.477 e. The number of aromatic carboxylic acids is 1. The zero-order chi connectivity index (χ0) is 36.8. The number of nitrogens with one attached hydrogen (secondary N) is 1. The number of carboxylic acid groups (broad SMARTS) is 1. The van der Waals surface area contributed by atoms with E-state index in [1.54, 1.807) is 42.5 Å². The van der Waals surface area contributed by atoms with E-state index in [1.807, 2.05) is 0 Å². The number of fused-ring (bicyclic) bond motifs is 4. The van der Waals surface area contributed by atoms with Crippen LogP contribution in [0.2, 0.25) is 0 Å². The van der Waals surface area contributed by atoms with Crippen LogP contribution in [0.3, 0.4) is 0 Å². The lowest BCUT2D eigenvalue weighted by molar-refractivity contribution is 0.0701. The molecule has 4 aromatic heterocycles. The highest BCUT2D eigenvalue weighted by atomic mass is 32.1. The van der Waals surface area contributed by atoms with E-state index in [0.717, 1.165) is 24.2 Å². The lowest BCUT2D eigenvalue weighted by Crippen LogP contribution is -2.24. The van der Waals surface area contributed by atoms with Crippen molar-refractivity contribution in [1.29, 1.82) is 0 Å². The highest BCUT2D eigenvalue weighted by Gasteiger charge is 2.27. The molecule has 1 fully saturated rings. The number of ether oxygens (including phenoxy) is 4. The number of carbonyl (C=O) groups is 2. The second-order valence-corrected chi connectivity index (χ2v) is 13.7. The van der Waals surface area contributed by atoms with E-state index in [2.05, 4.69) is 35.6 Å². The van der Waals surface area contributed by atoms with Crippen LogP contribution >= 0.6 is 22.7 Å². The highest BCUT2D eigenvalue weighted by Crippen LogP contribution is 2.36. The maximum absolute atomic E-state index is 12.4. The van der Waals surface area contributed by atoms with Crippen LogP contribution in [0.15, 0.2) is 58.8 Å². The van der Waals surface area contributed by atoms with Gasteiger partial charge in [0.1, 0.15) is 37.3 Å². The van der Waals surface area contributed by atoms with Crippen LogP contribution in [-0.2, 0) is 0 Å². The molecule has 0 saturated heterocycles. The summed E-state index contributed by atoms with van der Waals surface area (Å²) in [4.78, 5) is 41.8. The molecule has 6 aromatic rings. The molecule has 6 heterocycles. The molecule has 20 heteroatoms. The Labute approximate surface area is 304 Å². The third-order valence-electron chi connectivity index (χ3n) is 8.11. The van der Waals surface area contributed by atoms with Gasteiger partial charge in [0.2, 0.25) is 25.5 Å². The number of carboxylic acids is 1. The number of aromatic nitrogens is 4. The fourth-order valence-corrected chi connectivity index (χ4v) is 7.33. The van der Waals surface area contributed by atoms with Gasteiger partial charge in [-0.3, -0.25) is 4.79 Å². The summed E-state index contributed by atoms with van der Waals surface area (Å²) in [5, 5.41) is 39.2. The number of nitrogens with two attached hydrogens (primary N) is 2. The van der Waals surface area contributed by atoms with Gasteiger partial charge in [0.25, 0.3) is 5.91 Å². The number of nitrogen functional groups attached to an aromatic ring is 2. The minimum atomic E-state index is -1.09. The summed E-state index contributed by atoms with van der Waals surface area (Å²) in [7, 11) is 0. The summed E-state index contributed by atoms with van der Waals surface area (Å²) in [6, 6.07) is 13.5. The molecule has 2 aromatic carbocycles. The Hall–Kier alpha value is -6.80. The number of amides is 1. The zero-order valence-electron chi connectivity index (χ0n) is 27.0. The Bertz CT molecular complexity index is 2530. The van der Waals surface area contributed by atoms with Crippen LogP contribution in [0.1, 0.15) is 54.7 Å². The van der Waals surface area contributed by atoms with Crippen molar-refractivity contribution in [3.05, 3.63) is 80.8 Å². The molecule has 268 valence electrons. The maximum Gasteiger partial charge on any atom is 0.345 e. The molecule has 1 aliphatic carbocycles. The zero-order valence-corrected chi connectivity index (χ0v) is 28.6. The Morgan fingerprint density at radius 1 is 0.698 bits per heavy atom. The number of oxime groups is 2. The van der Waals surface area contributed by atoms with Crippen LogP contribution in [0.25, 0.3) is 20.4 Å². The maximum atomic E-state index is 12.4. The second-order valence-electron chi connectivity index (χ2n) is 11.6. The van der Waals surface area contributed by atoms with Crippen LogP contribution in [0.4, 0.5) is 11.9 Å². The van der Waals surface area contributed by atoms with Gasteiger partial charge in [0, 0.05) is 27.9 Å². The first kappa shape index (κ1) is 33.3. The minimum Gasteiger partial charge on any atom is -0.477 e. The highest BCUT2D eigenvalue weighted by molar-refractivity contribution is 7.20. The number of hydrogen-bond acceptors (Lipinski definition) is 18.